The Labute approximate surface area is 60.2 Å². The zero-order valence-electron chi connectivity index (χ0n) is 6.56. The van der Waals surface area contributed by atoms with Crippen LogP contribution in [0.4, 0.5) is 0 Å². The van der Waals surface area contributed by atoms with Gasteiger partial charge >= 0.3 is 0 Å². The number of hydrogen-bond acceptors (Lipinski definition) is 2. The molecule has 3 heteroatoms. The molecular formula is C6H18N2Si. The van der Waals surface area contributed by atoms with Crippen molar-refractivity contribution in [2.45, 2.75) is 12.5 Å². The average Bonchev–Trinajstić information content (AvgIpc) is 1.80. The van der Waals surface area contributed by atoms with Gasteiger partial charge in [0.15, 0.2) is 0 Å². The summed E-state index contributed by atoms with van der Waals surface area (Å²) in [6, 6.07) is 1.41. The summed E-state index contributed by atoms with van der Waals surface area (Å²) in [5.41, 5.74) is 5.39. The van der Waals surface area contributed by atoms with E-state index in [1.807, 2.05) is 0 Å². The van der Waals surface area contributed by atoms with Crippen LogP contribution < -0.4 is 5.73 Å². The summed E-state index contributed by atoms with van der Waals surface area (Å²) in [6.45, 7) is 1.23. The fourth-order valence-corrected chi connectivity index (χ4v) is 1.61. The molecule has 0 radical (unpaired) electrons. The maximum Gasteiger partial charge on any atom is 0.0362 e. The third kappa shape index (κ3) is 8.14. The Morgan fingerprint density at radius 1 is 1.44 bits per heavy atom. The molecule has 0 rings (SSSR count). The molecule has 0 saturated heterocycles. The molecule has 0 unspecified atom stereocenters. The molecule has 0 saturated carbocycles. The molecule has 0 spiro atoms. The molecule has 0 heterocycles. The molecule has 56 valence electrons. The van der Waals surface area contributed by atoms with Crippen molar-refractivity contribution in [3.05, 3.63) is 0 Å². The maximum atomic E-state index is 5.39. The van der Waals surface area contributed by atoms with E-state index in [4.69, 9.17) is 5.73 Å². The highest BCUT2D eigenvalue weighted by molar-refractivity contribution is 6.35. The van der Waals surface area contributed by atoms with Crippen LogP contribution in [-0.4, -0.2) is 41.2 Å². The van der Waals surface area contributed by atoms with Crippen LogP contribution >= 0.6 is 0 Å². The Morgan fingerprint density at radius 3 is 2.56 bits per heavy atom. The van der Waals surface area contributed by atoms with E-state index in [1.165, 1.54) is 19.0 Å². The fraction of sp³-hybridized carbons (Fsp3) is 1.00. The quantitative estimate of drug-likeness (QED) is 0.416. The molecule has 0 aliphatic rings. The van der Waals surface area contributed by atoms with E-state index in [0.717, 1.165) is 6.17 Å². The molecule has 0 bridgehead atoms. The van der Waals surface area contributed by atoms with Crippen molar-refractivity contribution < 1.29 is 0 Å². The highest BCUT2D eigenvalue weighted by atomic mass is 28.2. The van der Waals surface area contributed by atoms with E-state index >= 15 is 0 Å². The number of nitrogens with zero attached hydrogens (tertiary/aromatic N) is 1. The molecule has 0 atom stereocenters. The molecule has 0 aliphatic carbocycles. The first-order valence-electron chi connectivity index (χ1n) is 3.62. The van der Waals surface area contributed by atoms with E-state index in [1.54, 1.807) is 0 Å². The third-order valence-electron chi connectivity index (χ3n) is 1.31. The molecule has 0 fully saturated rings. The zero-order chi connectivity index (χ0) is 7.11. The summed E-state index contributed by atoms with van der Waals surface area (Å²) in [5.74, 6) is 0. The van der Waals surface area contributed by atoms with Crippen molar-refractivity contribution in [3.63, 3.8) is 0 Å². The van der Waals surface area contributed by atoms with Gasteiger partial charge in [-0.05, 0) is 33.2 Å². The second-order valence-electron chi connectivity index (χ2n) is 2.65. The monoisotopic (exact) mass is 146 g/mol. The lowest BCUT2D eigenvalue weighted by Gasteiger charge is -2.07. The van der Waals surface area contributed by atoms with Crippen LogP contribution in [0, 0.1) is 0 Å². The summed E-state index contributed by atoms with van der Waals surface area (Å²) in [5, 5.41) is 0. The van der Waals surface area contributed by atoms with Gasteiger partial charge in [0.25, 0.3) is 0 Å². The zero-order valence-corrected chi connectivity index (χ0v) is 7.97. The Kier molecular flexibility index (Phi) is 6.35. The summed E-state index contributed by atoms with van der Waals surface area (Å²) in [4.78, 5) is 2.23. The van der Waals surface area contributed by atoms with E-state index in [0.29, 0.717) is 0 Å². The van der Waals surface area contributed by atoms with Crippen molar-refractivity contribution in [1.82, 2.24) is 4.90 Å². The van der Waals surface area contributed by atoms with Gasteiger partial charge in [0, 0.05) is 9.52 Å². The van der Waals surface area contributed by atoms with Crippen LogP contribution in [0.5, 0.6) is 0 Å². The van der Waals surface area contributed by atoms with Crippen LogP contribution in [0.3, 0.4) is 0 Å². The van der Waals surface area contributed by atoms with Crippen molar-refractivity contribution in [1.29, 1.82) is 0 Å². The summed E-state index contributed by atoms with van der Waals surface area (Å²) in [6.07, 6.45) is 2.32. The van der Waals surface area contributed by atoms with Crippen LogP contribution in [0.15, 0.2) is 0 Å². The number of nitrogens with two attached hydrogens (primary N) is 1. The van der Waals surface area contributed by atoms with Gasteiger partial charge in [0.1, 0.15) is 0 Å². The molecule has 0 aromatic heterocycles. The first kappa shape index (κ1) is 9.14. The summed E-state index contributed by atoms with van der Waals surface area (Å²) < 4.78 is 0. The fourth-order valence-electron chi connectivity index (χ4n) is 0.749. The average molecular weight is 146 g/mol. The Morgan fingerprint density at radius 2 is 2.11 bits per heavy atom. The van der Waals surface area contributed by atoms with Gasteiger partial charge in [0.05, 0.1) is 0 Å². The highest BCUT2D eigenvalue weighted by Gasteiger charge is 1.89. The predicted molar refractivity (Wildman–Crippen MR) is 45.6 cm³/mol. The van der Waals surface area contributed by atoms with Crippen molar-refractivity contribution in [3.8, 4) is 0 Å². The van der Waals surface area contributed by atoms with Crippen LogP contribution in [0.25, 0.3) is 0 Å². The van der Waals surface area contributed by atoms with Crippen molar-refractivity contribution in [2.75, 3.05) is 26.8 Å². The van der Waals surface area contributed by atoms with E-state index in [2.05, 4.69) is 19.0 Å². The Bertz CT molecular complexity index is 57.0. The van der Waals surface area contributed by atoms with Crippen LogP contribution in [0.1, 0.15) is 6.42 Å². The van der Waals surface area contributed by atoms with Gasteiger partial charge in [-0.3, -0.25) is 0 Å². The first-order chi connectivity index (χ1) is 4.27. The predicted octanol–water partition coefficient (Wildman–Crippen LogP) is -0.559. The largest absolute Gasteiger partial charge is 0.334 e. The Hall–Kier alpha value is 0.137. The van der Waals surface area contributed by atoms with Crippen molar-refractivity contribution >= 4 is 9.52 Å². The normalized spacial score (nSPS) is 12.0. The highest BCUT2D eigenvalue weighted by Crippen LogP contribution is 1.88. The molecule has 0 aliphatic heterocycles. The molecule has 0 aromatic rings. The number of rotatable bonds is 5. The summed E-state index contributed by atoms with van der Waals surface area (Å²) >= 11 is 0. The lowest BCUT2D eigenvalue weighted by Crippen LogP contribution is -2.15. The minimum atomic E-state index is 0.130. The maximum absolute atomic E-state index is 5.39. The first-order valence-corrected chi connectivity index (χ1v) is 5.62. The van der Waals surface area contributed by atoms with E-state index in [9.17, 15) is 0 Å². The molecule has 9 heavy (non-hydrogen) atoms. The second kappa shape index (κ2) is 6.26. The summed E-state index contributed by atoms with van der Waals surface area (Å²) in [7, 11) is 4.36. The van der Waals surface area contributed by atoms with Gasteiger partial charge in [-0.1, -0.05) is 6.04 Å². The molecule has 0 aromatic carbocycles. The molecular weight excluding hydrogens is 128 g/mol. The van der Waals surface area contributed by atoms with Gasteiger partial charge in [-0.2, -0.15) is 0 Å². The van der Waals surface area contributed by atoms with E-state index < -0.39 is 0 Å². The minimum Gasteiger partial charge on any atom is -0.334 e. The van der Waals surface area contributed by atoms with Crippen LogP contribution in [-0.2, 0) is 0 Å². The Balaban J connectivity index is 2.75. The lowest BCUT2D eigenvalue weighted by molar-refractivity contribution is 0.408. The molecule has 2 N–H and O–H groups in total. The van der Waals surface area contributed by atoms with Gasteiger partial charge in [-0.25, -0.2) is 0 Å². The molecule has 2 nitrogen and oxygen atoms in total. The lowest BCUT2D eigenvalue weighted by atomic mass is 10.5. The molecule has 0 amide bonds. The minimum absolute atomic E-state index is 0.130. The van der Waals surface area contributed by atoms with Gasteiger partial charge < -0.3 is 10.6 Å². The van der Waals surface area contributed by atoms with Crippen LogP contribution in [0.2, 0.25) is 6.04 Å². The topological polar surface area (TPSA) is 29.3 Å². The van der Waals surface area contributed by atoms with Crippen molar-refractivity contribution in [2.24, 2.45) is 5.73 Å². The standard InChI is InChI=1S/C6H18N2Si/c1-8(2)4-3-5-9-6-7/h3-7,9H2,1-2H3. The SMILES string of the molecule is CN(C)CCC[SiH2]CN. The number of hydrogen-bond donors (Lipinski definition) is 1. The van der Waals surface area contributed by atoms with Gasteiger partial charge in [-0.15, -0.1) is 0 Å². The third-order valence-corrected chi connectivity index (χ3v) is 2.72. The second-order valence-corrected chi connectivity index (χ2v) is 4.64. The smallest absolute Gasteiger partial charge is 0.0362 e. The van der Waals surface area contributed by atoms with E-state index in [-0.39, 0.29) is 9.52 Å². The van der Waals surface area contributed by atoms with Gasteiger partial charge in [0.2, 0.25) is 0 Å².